The van der Waals surface area contributed by atoms with Crippen molar-refractivity contribution in [1.82, 2.24) is 19.9 Å². The van der Waals surface area contributed by atoms with Gasteiger partial charge in [0.15, 0.2) is 0 Å². The molecule has 2 aromatic heterocycles. The maximum atomic E-state index is 13.0. The monoisotopic (exact) mass is 408 g/mol. The van der Waals surface area contributed by atoms with Gasteiger partial charge in [0.1, 0.15) is 5.82 Å². The van der Waals surface area contributed by atoms with Crippen LogP contribution in [0.2, 0.25) is 0 Å². The summed E-state index contributed by atoms with van der Waals surface area (Å²) in [5, 5.41) is 9.71. The highest BCUT2D eigenvalue weighted by atomic mass is 16.3. The van der Waals surface area contributed by atoms with Crippen molar-refractivity contribution in [2.75, 3.05) is 13.1 Å². The number of pyridine rings is 1. The highest BCUT2D eigenvalue weighted by molar-refractivity contribution is 5.79. The molecule has 1 spiro atoms. The smallest absolute Gasteiger partial charge is 0.254 e. The minimum absolute atomic E-state index is 0.0463. The lowest BCUT2D eigenvalue weighted by atomic mass is 9.75. The van der Waals surface area contributed by atoms with Crippen LogP contribution in [-0.4, -0.2) is 50.1 Å². The average molecular weight is 409 g/mol. The fourth-order valence-electron chi connectivity index (χ4n) is 5.51. The molecule has 0 unspecified atom stereocenters. The predicted octanol–water partition coefficient (Wildman–Crippen LogP) is 2.19. The molecule has 7 heteroatoms. The standard InChI is InChI=1S/C23H28N4O3/c28-17-5-3-15(4-6-17)22(30)27-12-9-23(10-13-27)8-7-18-19(23)25-20(26-21(18)29)16-2-1-11-24-14-16/h1-2,11,14-15,17,28H,3-10,12-13H2,(H,25,26,29). The van der Waals surface area contributed by atoms with Crippen LogP contribution in [0.25, 0.3) is 11.4 Å². The summed E-state index contributed by atoms with van der Waals surface area (Å²) in [7, 11) is 0. The van der Waals surface area contributed by atoms with Gasteiger partial charge in [-0.15, -0.1) is 0 Å². The van der Waals surface area contributed by atoms with Crippen molar-refractivity contribution >= 4 is 5.91 Å². The number of H-pyrrole nitrogens is 1. The summed E-state index contributed by atoms with van der Waals surface area (Å²) in [6, 6.07) is 3.74. The third kappa shape index (κ3) is 3.35. The van der Waals surface area contributed by atoms with Gasteiger partial charge in [0.05, 0.1) is 11.8 Å². The summed E-state index contributed by atoms with van der Waals surface area (Å²) >= 11 is 0. The first-order chi connectivity index (χ1) is 14.6. The minimum Gasteiger partial charge on any atom is -0.393 e. The number of nitrogens with zero attached hydrogens (tertiary/aromatic N) is 3. The molecule has 2 aromatic rings. The quantitative estimate of drug-likeness (QED) is 0.794. The number of carbonyl (C=O) groups is 1. The third-order valence-electron chi connectivity index (χ3n) is 7.38. The zero-order valence-electron chi connectivity index (χ0n) is 17.1. The molecule has 0 atom stereocenters. The molecule has 1 saturated heterocycles. The summed E-state index contributed by atoms with van der Waals surface area (Å²) in [6.45, 7) is 1.43. The van der Waals surface area contributed by atoms with Crippen molar-refractivity contribution < 1.29 is 9.90 Å². The van der Waals surface area contributed by atoms with E-state index in [1.807, 2.05) is 17.0 Å². The summed E-state index contributed by atoms with van der Waals surface area (Å²) < 4.78 is 0. The topological polar surface area (TPSA) is 99.2 Å². The molecule has 3 aliphatic rings. The lowest BCUT2D eigenvalue weighted by Crippen LogP contribution is -2.47. The SMILES string of the molecule is O=C(C1CCC(O)CC1)N1CCC2(CCc3c2nc(-c2cccnc2)[nH]c3=O)CC1. The number of aromatic amines is 1. The van der Waals surface area contributed by atoms with E-state index >= 15 is 0 Å². The number of amides is 1. The highest BCUT2D eigenvalue weighted by Crippen LogP contribution is 2.45. The summed E-state index contributed by atoms with van der Waals surface area (Å²) in [4.78, 5) is 39.7. The van der Waals surface area contributed by atoms with Crippen LogP contribution in [0.5, 0.6) is 0 Å². The lowest BCUT2D eigenvalue weighted by molar-refractivity contribution is -0.138. The van der Waals surface area contributed by atoms with E-state index in [0.29, 0.717) is 18.9 Å². The molecule has 5 rings (SSSR count). The second kappa shape index (κ2) is 7.61. The molecule has 7 nitrogen and oxygen atoms in total. The van der Waals surface area contributed by atoms with Gasteiger partial charge in [-0.05, 0) is 63.5 Å². The van der Waals surface area contributed by atoms with E-state index in [1.165, 1.54) is 0 Å². The first-order valence-corrected chi connectivity index (χ1v) is 11.1. The third-order valence-corrected chi connectivity index (χ3v) is 7.38. The van der Waals surface area contributed by atoms with Crippen LogP contribution in [-0.2, 0) is 16.6 Å². The van der Waals surface area contributed by atoms with E-state index in [9.17, 15) is 14.7 Å². The zero-order valence-corrected chi connectivity index (χ0v) is 17.1. The van der Waals surface area contributed by atoms with Gasteiger partial charge in [-0.2, -0.15) is 0 Å². The van der Waals surface area contributed by atoms with Crippen LogP contribution in [0.4, 0.5) is 0 Å². The van der Waals surface area contributed by atoms with Gasteiger partial charge in [0.25, 0.3) is 5.56 Å². The number of aromatic nitrogens is 3. The molecule has 2 fully saturated rings. The van der Waals surface area contributed by atoms with Crippen LogP contribution >= 0.6 is 0 Å². The molecule has 3 heterocycles. The second-order valence-electron chi connectivity index (χ2n) is 9.09. The van der Waals surface area contributed by atoms with Gasteiger partial charge in [0.2, 0.25) is 5.91 Å². The van der Waals surface area contributed by atoms with Crippen molar-refractivity contribution in [2.45, 2.75) is 62.9 Å². The molecular weight excluding hydrogens is 380 g/mol. The number of rotatable bonds is 2. The van der Waals surface area contributed by atoms with Crippen LogP contribution in [0.15, 0.2) is 29.3 Å². The van der Waals surface area contributed by atoms with E-state index in [1.54, 1.807) is 12.4 Å². The molecule has 0 bridgehead atoms. The maximum Gasteiger partial charge on any atom is 0.254 e. The lowest BCUT2D eigenvalue weighted by Gasteiger charge is -2.41. The summed E-state index contributed by atoms with van der Waals surface area (Å²) in [5.74, 6) is 0.869. The Hall–Kier alpha value is -2.54. The van der Waals surface area contributed by atoms with Crippen molar-refractivity contribution in [2.24, 2.45) is 5.92 Å². The Morgan fingerprint density at radius 3 is 2.63 bits per heavy atom. The summed E-state index contributed by atoms with van der Waals surface area (Å²) in [6.07, 6.45) is 9.58. The first-order valence-electron chi connectivity index (χ1n) is 11.1. The van der Waals surface area contributed by atoms with E-state index in [-0.39, 0.29) is 28.9 Å². The fourth-order valence-corrected chi connectivity index (χ4v) is 5.51. The molecule has 0 radical (unpaired) electrons. The Balaban J connectivity index is 1.35. The fraction of sp³-hybridized carbons (Fsp3) is 0.565. The van der Waals surface area contributed by atoms with Crippen molar-refractivity contribution in [1.29, 1.82) is 0 Å². The van der Waals surface area contributed by atoms with Gasteiger partial charge in [-0.3, -0.25) is 14.6 Å². The Morgan fingerprint density at radius 2 is 1.93 bits per heavy atom. The number of aliphatic hydroxyl groups is 1. The number of carbonyl (C=O) groups excluding carboxylic acids is 1. The second-order valence-corrected chi connectivity index (χ2v) is 9.09. The number of hydrogen-bond donors (Lipinski definition) is 2. The number of nitrogens with one attached hydrogen (secondary N) is 1. The molecule has 1 amide bonds. The number of piperidine rings is 1. The van der Waals surface area contributed by atoms with Gasteiger partial charge in [0, 0.05) is 47.9 Å². The summed E-state index contributed by atoms with van der Waals surface area (Å²) in [5.41, 5.74) is 2.39. The molecule has 2 aliphatic carbocycles. The number of hydrogen-bond acceptors (Lipinski definition) is 5. The molecule has 2 N–H and O–H groups in total. The van der Waals surface area contributed by atoms with E-state index in [4.69, 9.17) is 4.98 Å². The molecule has 0 aromatic carbocycles. The molecule has 1 saturated carbocycles. The predicted molar refractivity (Wildman–Crippen MR) is 112 cm³/mol. The maximum absolute atomic E-state index is 13.0. The Bertz CT molecular complexity index is 987. The van der Waals surface area contributed by atoms with E-state index in [2.05, 4.69) is 9.97 Å². The van der Waals surface area contributed by atoms with E-state index < -0.39 is 0 Å². The van der Waals surface area contributed by atoms with Crippen molar-refractivity contribution in [3.63, 3.8) is 0 Å². The van der Waals surface area contributed by atoms with Gasteiger partial charge in [-0.1, -0.05) is 0 Å². The Labute approximate surface area is 175 Å². The minimum atomic E-state index is -0.244. The molecule has 158 valence electrons. The van der Waals surface area contributed by atoms with Crippen LogP contribution in [0.3, 0.4) is 0 Å². The van der Waals surface area contributed by atoms with Crippen molar-refractivity contribution in [3.05, 3.63) is 46.1 Å². The zero-order chi connectivity index (χ0) is 20.7. The highest BCUT2D eigenvalue weighted by Gasteiger charge is 2.45. The average Bonchev–Trinajstić information content (AvgIpc) is 3.13. The molecular formula is C23H28N4O3. The Kier molecular flexibility index (Phi) is 4.93. The Morgan fingerprint density at radius 1 is 1.17 bits per heavy atom. The largest absolute Gasteiger partial charge is 0.393 e. The van der Waals surface area contributed by atoms with E-state index in [0.717, 1.165) is 68.2 Å². The first kappa shape index (κ1) is 19.4. The molecule has 30 heavy (non-hydrogen) atoms. The normalized spacial score (nSPS) is 25.3. The van der Waals surface area contributed by atoms with Crippen LogP contribution in [0, 0.1) is 5.92 Å². The number of fused-ring (bicyclic) bond motifs is 2. The van der Waals surface area contributed by atoms with Gasteiger partial charge in [-0.25, -0.2) is 4.98 Å². The van der Waals surface area contributed by atoms with Gasteiger partial charge < -0.3 is 15.0 Å². The van der Waals surface area contributed by atoms with Crippen molar-refractivity contribution in [3.8, 4) is 11.4 Å². The number of likely N-dealkylation sites (tertiary alicyclic amines) is 1. The number of aliphatic hydroxyl groups excluding tert-OH is 1. The molecule has 1 aliphatic heterocycles. The van der Waals surface area contributed by atoms with Crippen LogP contribution in [0.1, 0.15) is 56.2 Å². The van der Waals surface area contributed by atoms with Gasteiger partial charge >= 0.3 is 0 Å². The van der Waals surface area contributed by atoms with Crippen LogP contribution < -0.4 is 5.56 Å².